The first-order chi connectivity index (χ1) is 17.5. The van der Waals surface area contributed by atoms with Crippen LogP contribution in [0.15, 0.2) is 60.0 Å². The maximum absolute atomic E-state index is 13.1. The Morgan fingerprint density at radius 1 is 0.972 bits per heavy atom. The maximum Gasteiger partial charge on any atom is 0.387 e. The van der Waals surface area contributed by atoms with Crippen molar-refractivity contribution in [3.63, 3.8) is 0 Å². The molecule has 0 aliphatic heterocycles. The SMILES string of the molecule is CCOc1ccc(CCNC(=O)c2cc3sccc3n2Cc2ccc(OC(F)F)cc2)cc1OCC. The molecule has 0 fully saturated rings. The molecule has 0 bridgehead atoms. The van der Waals surface area contributed by atoms with Gasteiger partial charge in [0.25, 0.3) is 5.91 Å². The molecule has 2 heterocycles. The van der Waals surface area contributed by atoms with Gasteiger partial charge in [-0.05, 0) is 73.2 Å². The van der Waals surface area contributed by atoms with Crippen molar-refractivity contribution in [1.29, 1.82) is 0 Å². The number of carbonyl (C=O) groups is 1. The number of aromatic nitrogens is 1. The predicted molar refractivity (Wildman–Crippen MR) is 137 cm³/mol. The van der Waals surface area contributed by atoms with E-state index in [0.717, 1.165) is 21.3 Å². The van der Waals surface area contributed by atoms with Crippen LogP contribution >= 0.6 is 11.3 Å². The number of ether oxygens (including phenoxy) is 3. The number of thiophene rings is 1. The molecule has 0 unspecified atom stereocenters. The van der Waals surface area contributed by atoms with Gasteiger partial charge in [-0.15, -0.1) is 11.3 Å². The summed E-state index contributed by atoms with van der Waals surface area (Å²) in [5.41, 5.74) is 3.40. The molecule has 4 rings (SSSR count). The largest absolute Gasteiger partial charge is 0.490 e. The van der Waals surface area contributed by atoms with Crippen LogP contribution in [0.1, 0.15) is 35.5 Å². The molecule has 190 valence electrons. The van der Waals surface area contributed by atoms with E-state index in [-0.39, 0.29) is 11.7 Å². The van der Waals surface area contributed by atoms with Gasteiger partial charge in [-0.3, -0.25) is 4.79 Å². The highest BCUT2D eigenvalue weighted by atomic mass is 32.1. The van der Waals surface area contributed by atoms with Gasteiger partial charge in [0, 0.05) is 13.1 Å². The number of alkyl halides is 2. The fourth-order valence-corrected chi connectivity index (χ4v) is 4.78. The summed E-state index contributed by atoms with van der Waals surface area (Å²) >= 11 is 1.56. The summed E-state index contributed by atoms with van der Waals surface area (Å²) < 4.78 is 43.6. The number of hydrogen-bond donors (Lipinski definition) is 1. The number of benzene rings is 2. The van der Waals surface area contributed by atoms with Gasteiger partial charge in [0.15, 0.2) is 11.5 Å². The molecule has 0 atom stereocenters. The van der Waals surface area contributed by atoms with Gasteiger partial charge in [0.05, 0.1) is 23.4 Å². The van der Waals surface area contributed by atoms with Crippen LogP contribution in [0.3, 0.4) is 0 Å². The number of carbonyl (C=O) groups excluding carboxylic acids is 1. The van der Waals surface area contributed by atoms with E-state index >= 15 is 0 Å². The second kappa shape index (κ2) is 11.9. The van der Waals surface area contributed by atoms with Crippen LogP contribution in [0.25, 0.3) is 10.2 Å². The molecule has 6 nitrogen and oxygen atoms in total. The molecule has 2 aromatic carbocycles. The summed E-state index contributed by atoms with van der Waals surface area (Å²) in [4.78, 5) is 13.1. The summed E-state index contributed by atoms with van der Waals surface area (Å²) in [6.45, 7) is 2.96. The van der Waals surface area contributed by atoms with Crippen molar-refractivity contribution in [2.75, 3.05) is 19.8 Å². The Hall–Kier alpha value is -3.59. The van der Waals surface area contributed by atoms with E-state index in [0.29, 0.717) is 49.9 Å². The molecule has 0 radical (unpaired) electrons. The molecule has 0 aliphatic rings. The fourth-order valence-electron chi connectivity index (χ4n) is 3.96. The number of rotatable bonds is 12. The highest BCUT2D eigenvalue weighted by Crippen LogP contribution is 2.29. The fraction of sp³-hybridized carbons (Fsp3) is 0.296. The Bertz CT molecular complexity index is 1300. The summed E-state index contributed by atoms with van der Waals surface area (Å²) in [5, 5.41) is 4.99. The Kier molecular flexibility index (Phi) is 8.43. The van der Waals surface area contributed by atoms with Crippen LogP contribution in [0.2, 0.25) is 0 Å². The minimum Gasteiger partial charge on any atom is -0.490 e. The summed E-state index contributed by atoms with van der Waals surface area (Å²) in [5.74, 6) is 1.33. The van der Waals surface area contributed by atoms with Gasteiger partial charge < -0.3 is 24.1 Å². The van der Waals surface area contributed by atoms with Crippen LogP contribution < -0.4 is 19.5 Å². The highest BCUT2D eigenvalue weighted by Gasteiger charge is 2.17. The predicted octanol–water partition coefficient (Wildman–Crippen LogP) is 6.12. The number of fused-ring (bicyclic) bond motifs is 1. The molecule has 2 aromatic heterocycles. The van der Waals surface area contributed by atoms with Crippen molar-refractivity contribution in [3.8, 4) is 17.2 Å². The summed E-state index contributed by atoms with van der Waals surface area (Å²) in [7, 11) is 0. The van der Waals surface area contributed by atoms with Gasteiger partial charge in [-0.2, -0.15) is 8.78 Å². The first-order valence-electron chi connectivity index (χ1n) is 11.8. The van der Waals surface area contributed by atoms with Crippen molar-refractivity contribution >= 4 is 27.5 Å². The molecule has 0 aliphatic carbocycles. The first kappa shape index (κ1) is 25.5. The van der Waals surface area contributed by atoms with Crippen molar-refractivity contribution in [2.45, 2.75) is 33.4 Å². The molecule has 0 saturated carbocycles. The third-order valence-electron chi connectivity index (χ3n) is 5.55. The Morgan fingerprint density at radius 3 is 2.42 bits per heavy atom. The zero-order valence-electron chi connectivity index (χ0n) is 20.1. The molecule has 1 N–H and O–H groups in total. The summed E-state index contributed by atoms with van der Waals surface area (Å²) in [6, 6.07) is 16.1. The third kappa shape index (κ3) is 6.15. The van der Waals surface area contributed by atoms with Crippen LogP contribution in [0.5, 0.6) is 17.2 Å². The van der Waals surface area contributed by atoms with E-state index in [9.17, 15) is 13.6 Å². The molecule has 1 amide bonds. The Morgan fingerprint density at radius 2 is 1.69 bits per heavy atom. The van der Waals surface area contributed by atoms with Crippen molar-refractivity contribution in [2.24, 2.45) is 0 Å². The average molecular weight is 515 g/mol. The molecule has 0 spiro atoms. The van der Waals surface area contributed by atoms with Crippen LogP contribution in [-0.2, 0) is 13.0 Å². The second-order valence-electron chi connectivity index (χ2n) is 7.96. The van der Waals surface area contributed by atoms with E-state index in [1.54, 1.807) is 23.5 Å². The van der Waals surface area contributed by atoms with E-state index in [1.807, 2.05) is 54.1 Å². The smallest absolute Gasteiger partial charge is 0.387 e. The monoisotopic (exact) mass is 514 g/mol. The summed E-state index contributed by atoms with van der Waals surface area (Å²) in [6.07, 6.45) is 0.638. The average Bonchev–Trinajstić information content (AvgIpc) is 3.44. The minimum atomic E-state index is -2.87. The van der Waals surface area contributed by atoms with E-state index in [2.05, 4.69) is 10.1 Å². The standard InChI is InChI=1S/C27H28F2N2O4S/c1-3-33-23-10-7-18(15-24(23)34-4-2)11-13-30-26(32)22-16-25-21(12-14-36-25)31(22)17-19-5-8-20(9-6-19)35-27(28)29/h5-10,12,14-16,27H,3-4,11,13,17H2,1-2H3,(H,30,32). The maximum atomic E-state index is 13.1. The lowest BCUT2D eigenvalue weighted by Crippen LogP contribution is -2.28. The van der Waals surface area contributed by atoms with E-state index in [1.165, 1.54) is 12.1 Å². The second-order valence-corrected chi connectivity index (χ2v) is 8.91. The minimum absolute atomic E-state index is 0.0988. The van der Waals surface area contributed by atoms with Crippen molar-refractivity contribution in [1.82, 2.24) is 9.88 Å². The molecule has 9 heteroatoms. The topological polar surface area (TPSA) is 61.7 Å². The van der Waals surface area contributed by atoms with Crippen molar-refractivity contribution < 1.29 is 27.8 Å². The third-order valence-corrected chi connectivity index (χ3v) is 6.40. The van der Waals surface area contributed by atoms with Crippen LogP contribution in [-0.4, -0.2) is 36.8 Å². The molecular weight excluding hydrogens is 486 g/mol. The van der Waals surface area contributed by atoms with Crippen LogP contribution in [0.4, 0.5) is 8.78 Å². The zero-order valence-corrected chi connectivity index (χ0v) is 20.9. The Balaban J connectivity index is 1.44. The first-order valence-corrected chi connectivity index (χ1v) is 12.6. The van der Waals surface area contributed by atoms with E-state index < -0.39 is 6.61 Å². The van der Waals surface area contributed by atoms with Gasteiger partial charge >= 0.3 is 6.61 Å². The lowest BCUT2D eigenvalue weighted by molar-refractivity contribution is -0.0498. The molecule has 0 saturated heterocycles. The normalized spacial score (nSPS) is 11.1. The quantitative estimate of drug-likeness (QED) is 0.247. The van der Waals surface area contributed by atoms with Gasteiger partial charge in [0.1, 0.15) is 11.4 Å². The lowest BCUT2D eigenvalue weighted by Gasteiger charge is -2.13. The molecular formula is C27H28F2N2O4S. The number of amides is 1. The number of halogens is 2. The number of nitrogens with one attached hydrogen (secondary N) is 1. The lowest BCUT2D eigenvalue weighted by atomic mass is 10.1. The van der Waals surface area contributed by atoms with E-state index in [4.69, 9.17) is 9.47 Å². The zero-order chi connectivity index (χ0) is 25.5. The number of nitrogens with zero attached hydrogens (tertiary/aromatic N) is 1. The van der Waals surface area contributed by atoms with Gasteiger partial charge in [-0.25, -0.2) is 0 Å². The number of hydrogen-bond acceptors (Lipinski definition) is 5. The van der Waals surface area contributed by atoms with Crippen molar-refractivity contribution in [3.05, 3.63) is 76.8 Å². The Labute approximate surface area is 212 Å². The van der Waals surface area contributed by atoms with Gasteiger partial charge in [-0.1, -0.05) is 18.2 Å². The van der Waals surface area contributed by atoms with Crippen LogP contribution in [0, 0.1) is 0 Å². The molecule has 36 heavy (non-hydrogen) atoms. The molecule has 4 aromatic rings. The van der Waals surface area contributed by atoms with Gasteiger partial charge in [0.2, 0.25) is 0 Å². The highest BCUT2D eigenvalue weighted by molar-refractivity contribution is 7.17.